The lowest BCUT2D eigenvalue weighted by molar-refractivity contribution is 0.0216. The number of nitrogens with one attached hydrogen (secondary N) is 1. The van der Waals surface area contributed by atoms with Gasteiger partial charge in [-0.25, -0.2) is 0 Å². The number of benzene rings is 2. The summed E-state index contributed by atoms with van der Waals surface area (Å²) < 4.78 is 18.0. The number of nitrogen functional groups attached to an aromatic ring is 1. The number of anilines is 1. The molecule has 164 valence electrons. The van der Waals surface area contributed by atoms with E-state index in [9.17, 15) is 10.1 Å². The molecule has 2 aromatic carbocycles. The number of nitrogens with zero attached hydrogens (tertiary/aromatic N) is 1. The Labute approximate surface area is 183 Å². The molecule has 1 amide bonds. The number of amides is 1. The third-order valence-corrected chi connectivity index (χ3v) is 5.21. The predicted octanol–water partition coefficient (Wildman–Crippen LogP) is 4.06. The number of carbonyl (C=O) groups is 1. The molecule has 0 aromatic heterocycles. The first-order valence-electron chi connectivity index (χ1n) is 10.5. The van der Waals surface area contributed by atoms with Crippen molar-refractivity contribution in [3.05, 3.63) is 47.5 Å². The van der Waals surface area contributed by atoms with E-state index < -0.39 is 0 Å². The molecule has 3 rings (SSSR count). The van der Waals surface area contributed by atoms with Gasteiger partial charge >= 0.3 is 0 Å². The minimum atomic E-state index is -0.251. The minimum Gasteiger partial charge on any atom is -0.493 e. The van der Waals surface area contributed by atoms with Gasteiger partial charge in [0.2, 0.25) is 0 Å². The number of nitriles is 1. The van der Waals surface area contributed by atoms with Crippen LogP contribution in [0.5, 0.6) is 17.2 Å². The summed E-state index contributed by atoms with van der Waals surface area (Å²) in [5, 5.41) is 12.3. The Morgan fingerprint density at radius 1 is 1.10 bits per heavy atom. The van der Waals surface area contributed by atoms with E-state index in [0.29, 0.717) is 34.1 Å². The summed E-state index contributed by atoms with van der Waals surface area (Å²) in [6.45, 7) is 3.82. The molecule has 2 unspecified atom stereocenters. The highest BCUT2D eigenvalue weighted by Crippen LogP contribution is 2.34. The number of ether oxygens (including phenoxy) is 3. The molecule has 2 atom stereocenters. The fourth-order valence-corrected chi connectivity index (χ4v) is 3.68. The number of rotatable bonds is 7. The fraction of sp³-hybridized carbons (Fsp3) is 0.417. The highest BCUT2D eigenvalue weighted by Gasteiger charge is 2.30. The van der Waals surface area contributed by atoms with Crippen molar-refractivity contribution in [3.8, 4) is 23.3 Å². The summed E-state index contributed by atoms with van der Waals surface area (Å²) in [6.07, 6.45) is 3.09. The first-order chi connectivity index (χ1) is 14.9. The van der Waals surface area contributed by atoms with Gasteiger partial charge in [-0.2, -0.15) is 5.26 Å². The van der Waals surface area contributed by atoms with E-state index in [1.807, 2.05) is 13.8 Å². The monoisotopic (exact) mass is 423 g/mol. The molecule has 1 saturated carbocycles. The summed E-state index contributed by atoms with van der Waals surface area (Å²) in [7, 11) is 1.57. The quantitative estimate of drug-likeness (QED) is 0.651. The van der Waals surface area contributed by atoms with Crippen molar-refractivity contribution >= 4 is 11.6 Å². The molecular formula is C24H29N3O4. The first-order valence-corrected chi connectivity index (χ1v) is 10.5. The Kier molecular flexibility index (Phi) is 7.24. The highest BCUT2D eigenvalue weighted by molar-refractivity contribution is 5.95. The molecule has 0 aliphatic heterocycles. The Balaban J connectivity index is 1.83. The lowest BCUT2D eigenvalue weighted by Gasteiger charge is -2.33. The van der Waals surface area contributed by atoms with Crippen LogP contribution >= 0.6 is 0 Å². The van der Waals surface area contributed by atoms with E-state index >= 15 is 0 Å². The van der Waals surface area contributed by atoms with Gasteiger partial charge in [-0.15, -0.1) is 0 Å². The minimum absolute atomic E-state index is 0.0303. The van der Waals surface area contributed by atoms with Gasteiger partial charge < -0.3 is 25.3 Å². The van der Waals surface area contributed by atoms with Gasteiger partial charge in [0, 0.05) is 11.6 Å². The molecule has 7 heteroatoms. The second-order valence-corrected chi connectivity index (χ2v) is 7.92. The summed E-state index contributed by atoms with van der Waals surface area (Å²) in [5.74, 6) is 1.33. The Morgan fingerprint density at radius 2 is 1.77 bits per heavy atom. The van der Waals surface area contributed by atoms with Crippen molar-refractivity contribution in [1.29, 1.82) is 5.26 Å². The van der Waals surface area contributed by atoms with Crippen molar-refractivity contribution in [2.75, 3.05) is 12.8 Å². The molecular weight excluding hydrogens is 394 g/mol. The van der Waals surface area contributed by atoms with Crippen LogP contribution in [0.4, 0.5) is 5.69 Å². The molecule has 0 saturated heterocycles. The van der Waals surface area contributed by atoms with Gasteiger partial charge in [0.05, 0.1) is 12.8 Å². The van der Waals surface area contributed by atoms with Crippen molar-refractivity contribution in [2.24, 2.45) is 0 Å². The van der Waals surface area contributed by atoms with E-state index in [0.717, 1.165) is 25.7 Å². The van der Waals surface area contributed by atoms with Gasteiger partial charge in [-0.05, 0) is 69.9 Å². The average Bonchev–Trinajstić information content (AvgIpc) is 2.75. The fourth-order valence-electron chi connectivity index (χ4n) is 3.68. The van der Waals surface area contributed by atoms with Gasteiger partial charge in [-0.3, -0.25) is 4.79 Å². The summed E-state index contributed by atoms with van der Waals surface area (Å²) in [4.78, 5) is 12.4. The van der Waals surface area contributed by atoms with Crippen molar-refractivity contribution in [3.63, 3.8) is 0 Å². The van der Waals surface area contributed by atoms with Crippen molar-refractivity contribution < 1.29 is 19.0 Å². The van der Waals surface area contributed by atoms with E-state index in [1.54, 1.807) is 43.5 Å². The third-order valence-electron chi connectivity index (χ3n) is 5.21. The summed E-state index contributed by atoms with van der Waals surface area (Å²) >= 11 is 0. The number of carbonyl (C=O) groups excluding carboxylic acids is 1. The number of methoxy groups -OCH3 is 1. The average molecular weight is 424 g/mol. The Morgan fingerprint density at radius 3 is 2.39 bits per heavy atom. The lowest BCUT2D eigenvalue weighted by Crippen LogP contribution is -2.39. The SMILES string of the molecule is COc1ccc(C(=O)NC(C)C)cc1OC1CCCCC1Oc1cccc(N)c1C#N. The number of hydrogen-bond donors (Lipinski definition) is 2. The Bertz CT molecular complexity index is 968. The molecule has 0 spiro atoms. The predicted molar refractivity (Wildman–Crippen MR) is 118 cm³/mol. The van der Waals surface area contributed by atoms with Crippen LogP contribution in [0.1, 0.15) is 55.5 Å². The molecule has 0 heterocycles. The largest absolute Gasteiger partial charge is 0.493 e. The van der Waals surface area contributed by atoms with E-state index in [4.69, 9.17) is 19.9 Å². The molecule has 1 aliphatic rings. The van der Waals surface area contributed by atoms with Crippen molar-refractivity contribution in [1.82, 2.24) is 5.32 Å². The lowest BCUT2D eigenvalue weighted by atomic mass is 9.94. The van der Waals surface area contributed by atoms with Crippen LogP contribution in [-0.2, 0) is 0 Å². The van der Waals surface area contributed by atoms with Gasteiger partial charge in [-0.1, -0.05) is 6.07 Å². The highest BCUT2D eigenvalue weighted by atomic mass is 16.6. The summed E-state index contributed by atoms with van der Waals surface area (Å²) in [6, 6.07) is 12.5. The maximum atomic E-state index is 12.4. The molecule has 2 aromatic rings. The topological polar surface area (TPSA) is 107 Å². The molecule has 0 bridgehead atoms. The first kappa shape index (κ1) is 22.3. The maximum Gasteiger partial charge on any atom is 0.251 e. The van der Waals surface area contributed by atoms with Crippen LogP contribution in [0.25, 0.3) is 0 Å². The van der Waals surface area contributed by atoms with Crippen LogP contribution in [-0.4, -0.2) is 31.3 Å². The van der Waals surface area contributed by atoms with E-state index in [1.165, 1.54) is 0 Å². The van der Waals surface area contributed by atoms with Crippen LogP contribution in [0.3, 0.4) is 0 Å². The molecule has 3 N–H and O–H groups in total. The standard InChI is InChI=1S/C24H29N3O4/c1-15(2)27-24(28)16-11-12-20(29-3)23(13-16)31-22-9-5-4-8-21(22)30-19-10-6-7-18(26)17(19)14-25/h6-7,10-13,15,21-22H,4-5,8-9,26H2,1-3H3,(H,27,28). The molecule has 1 aliphatic carbocycles. The maximum absolute atomic E-state index is 12.4. The van der Waals surface area contributed by atoms with Crippen LogP contribution in [0.15, 0.2) is 36.4 Å². The van der Waals surface area contributed by atoms with Crippen LogP contribution in [0, 0.1) is 11.3 Å². The summed E-state index contributed by atoms with van der Waals surface area (Å²) in [5.41, 5.74) is 7.14. The Hall–Kier alpha value is -3.40. The zero-order valence-electron chi connectivity index (χ0n) is 18.2. The number of hydrogen-bond acceptors (Lipinski definition) is 6. The van der Waals surface area contributed by atoms with Gasteiger partial charge in [0.15, 0.2) is 11.5 Å². The number of nitrogens with two attached hydrogens (primary N) is 1. The molecule has 0 radical (unpaired) electrons. The molecule has 7 nitrogen and oxygen atoms in total. The van der Waals surface area contributed by atoms with E-state index in [2.05, 4.69) is 11.4 Å². The third kappa shape index (κ3) is 5.40. The zero-order chi connectivity index (χ0) is 22.4. The second kappa shape index (κ2) is 10.1. The smallest absolute Gasteiger partial charge is 0.251 e. The molecule has 1 fully saturated rings. The van der Waals surface area contributed by atoms with Crippen molar-refractivity contribution in [2.45, 2.75) is 57.8 Å². The van der Waals surface area contributed by atoms with E-state index in [-0.39, 0.29) is 24.2 Å². The van der Waals surface area contributed by atoms with Crippen LogP contribution in [0.2, 0.25) is 0 Å². The van der Waals surface area contributed by atoms with Gasteiger partial charge in [0.25, 0.3) is 5.91 Å². The second-order valence-electron chi connectivity index (χ2n) is 7.92. The van der Waals surface area contributed by atoms with Crippen LogP contribution < -0.4 is 25.3 Å². The van der Waals surface area contributed by atoms with Gasteiger partial charge in [0.1, 0.15) is 29.6 Å². The zero-order valence-corrected chi connectivity index (χ0v) is 18.2. The molecule has 31 heavy (non-hydrogen) atoms. The normalized spacial score (nSPS) is 18.2.